The number of sulfonamides is 1. The summed E-state index contributed by atoms with van der Waals surface area (Å²) in [6, 6.07) is 11.4. The Balaban J connectivity index is 2.41. The fourth-order valence-electron chi connectivity index (χ4n) is 3.62. The predicted molar refractivity (Wildman–Crippen MR) is 147 cm³/mol. The van der Waals surface area contributed by atoms with Crippen LogP contribution in [0.25, 0.3) is 0 Å². The van der Waals surface area contributed by atoms with Gasteiger partial charge in [-0.3, -0.25) is 13.9 Å². The van der Waals surface area contributed by atoms with Gasteiger partial charge >= 0.3 is 0 Å². The minimum Gasteiger partial charge on any atom is -0.354 e. The largest absolute Gasteiger partial charge is 0.354 e. The first-order valence-electron chi connectivity index (χ1n) is 11.6. The number of halogens is 3. The lowest BCUT2D eigenvalue weighted by Gasteiger charge is -2.33. The minimum absolute atomic E-state index is 0.0279. The number of hydrogen-bond donors (Lipinski definition) is 1. The number of hydrogen-bond acceptors (Lipinski definition) is 4. The minimum atomic E-state index is -3.94. The van der Waals surface area contributed by atoms with Gasteiger partial charge in [0, 0.05) is 13.1 Å². The van der Waals surface area contributed by atoms with E-state index in [-0.39, 0.29) is 39.1 Å². The molecule has 0 saturated carbocycles. The Morgan fingerprint density at radius 3 is 2.17 bits per heavy atom. The van der Waals surface area contributed by atoms with E-state index >= 15 is 0 Å². The number of nitrogens with zero attached hydrogens (tertiary/aromatic N) is 2. The molecule has 11 heteroatoms. The van der Waals surface area contributed by atoms with Crippen molar-refractivity contribution in [3.8, 4) is 0 Å². The Bertz CT molecular complexity index is 1160. The molecule has 2 aromatic carbocycles. The molecule has 0 saturated heterocycles. The van der Waals surface area contributed by atoms with Crippen LogP contribution in [0.5, 0.6) is 0 Å². The third-order valence-electron chi connectivity index (χ3n) is 5.49. The van der Waals surface area contributed by atoms with Crippen LogP contribution < -0.4 is 9.62 Å². The van der Waals surface area contributed by atoms with Crippen molar-refractivity contribution in [1.82, 2.24) is 10.2 Å². The highest BCUT2D eigenvalue weighted by molar-refractivity contribution is 7.92. The van der Waals surface area contributed by atoms with Gasteiger partial charge in [-0.1, -0.05) is 85.9 Å². The molecule has 0 aromatic heterocycles. The second-order valence-corrected chi connectivity index (χ2v) is 12.0. The van der Waals surface area contributed by atoms with Crippen LogP contribution in [0.3, 0.4) is 0 Å². The molecule has 7 nitrogen and oxygen atoms in total. The smallest absolute Gasteiger partial charge is 0.244 e. The molecule has 0 aliphatic carbocycles. The van der Waals surface area contributed by atoms with Crippen LogP contribution in [0.2, 0.25) is 15.1 Å². The van der Waals surface area contributed by atoms with E-state index in [1.807, 2.05) is 51.1 Å². The summed E-state index contributed by atoms with van der Waals surface area (Å²) in [7, 11) is -3.94. The highest BCUT2D eigenvalue weighted by atomic mass is 35.5. The first-order chi connectivity index (χ1) is 16.8. The van der Waals surface area contributed by atoms with E-state index in [1.54, 1.807) is 0 Å². The van der Waals surface area contributed by atoms with Gasteiger partial charge in [-0.05, 0) is 36.5 Å². The lowest BCUT2D eigenvalue weighted by Crippen LogP contribution is -2.53. The van der Waals surface area contributed by atoms with Gasteiger partial charge in [0.1, 0.15) is 12.6 Å². The topological polar surface area (TPSA) is 86.8 Å². The fraction of sp³-hybridized carbons (Fsp3) is 0.440. The summed E-state index contributed by atoms with van der Waals surface area (Å²) in [5.41, 5.74) is 1.02. The third kappa shape index (κ3) is 8.54. The van der Waals surface area contributed by atoms with Crippen molar-refractivity contribution < 1.29 is 18.0 Å². The van der Waals surface area contributed by atoms with Crippen LogP contribution in [0, 0.1) is 5.92 Å². The zero-order valence-corrected chi connectivity index (χ0v) is 23.9. The number of anilines is 1. The number of amides is 2. The Morgan fingerprint density at radius 1 is 1.00 bits per heavy atom. The first-order valence-corrected chi connectivity index (χ1v) is 14.6. The third-order valence-corrected chi connectivity index (χ3v) is 7.64. The quantitative estimate of drug-likeness (QED) is 0.359. The predicted octanol–water partition coefficient (Wildman–Crippen LogP) is 5.03. The molecule has 0 aliphatic heterocycles. The molecule has 2 amide bonds. The number of nitrogens with one attached hydrogen (secondary N) is 1. The normalized spacial score (nSPS) is 12.3. The van der Waals surface area contributed by atoms with Crippen LogP contribution in [-0.4, -0.2) is 57.1 Å². The molecule has 0 aliphatic rings. The average molecular weight is 577 g/mol. The number of carbonyl (C=O) groups excluding carboxylic acids is 2. The van der Waals surface area contributed by atoms with Crippen LogP contribution in [-0.2, 0) is 26.0 Å². The summed E-state index contributed by atoms with van der Waals surface area (Å²) in [6.07, 6.45) is 1.82. The second-order valence-electron chi connectivity index (χ2n) is 8.87. The Morgan fingerprint density at radius 2 is 1.61 bits per heavy atom. The Kier molecular flexibility index (Phi) is 11.3. The first kappa shape index (κ1) is 30.2. The van der Waals surface area contributed by atoms with Gasteiger partial charge in [-0.25, -0.2) is 8.42 Å². The van der Waals surface area contributed by atoms with Crippen molar-refractivity contribution >= 4 is 62.3 Å². The van der Waals surface area contributed by atoms with E-state index in [0.29, 0.717) is 19.4 Å². The van der Waals surface area contributed by atoms with Gasteiger partial charge in [0.2, 0.25) is 21.8 Å². The van der Waals surface area contributed by atoms with Crippen molar-refractivity contribution in [2.45, 2.75) is 39.7 Å². The van der Waals surface area contributed by atoms with Gasteiger partial charge in [0.05, 0.1) is 27.0 Å². The van der Waals surface area contributed by atoms with E-state index in [0.717, 1.165) is 16.1 Å². The lowest BCUT2D eigenvalue weighted by molar-refractivity contribution is -0.139. The number of rotatable bonds is 12. The van der Waals surface area contributed by atoms with Gasteiger partial charge < -0.3 is 10.2 Å². The molecule has 2 aromatic rings. The van der Waals surface area contributed by atoms with E-state index in [4.69, 9.17) is 34.8 Å². The van der Waals surface area contributed by atoms with Crippen LogP contribution in [0.1, 0.15) is 32.8 Å². The van der Waals surface area contributed by atoms with E-state index in [2.05, 4.69) is 5.32 Å². The molecule has 1 atom stereocenters. The summed E-state index contributed by atoms with van der Waals surface area (Å²) in [5, 5.41) is 3.16. The van der Waals surface area contributed by atoms with Crippen molar-refractivity contribution in [2.75, 3.05) is 30.2 Å². The molecular weight excluding hydrogens is 545 g/mol. The summed E-state index contributed by atoms with van der Waals surface area (Å²) in [6.45, 7) is 5.90. The highest BCUT2D eigenvalue weighted by Crippen LogP contribution is 2.35. The maximum Gasteiger partial charge on any atom is 0.244 e. The molecule has 0 heterocycles. The zero-order chi connectivity index (χ0) is 27.0. The summed E-state index contributed by atoms with van der Waals surface area (Å²) in [5.74, 6) is -0.589. The van der Waals surface area contributed by atoms with Crippen molar-refractivity contribution in [3.63, 3.8) is 0 Å². The molecule has 0 bridgehead atoms. The maximum atomic E-state index is 13.6. The summed E-state index contributed by atoms with van der Waals surface area (Å²) >= 11 is 18.4. The van der Waals surface area contributed by atoms with Crippen molar-refractivity contribution in [3.05, 3.63) is 63.1 Å². The van der Waals surface area contributed by atoms with Gasteiger partial charge in [0.25, 0.3) is 0 Å². The van der Waals surface area contributed by atoms with Crippen LogP contribution in [0.15, 0.2) is 42.5 Å². The molecule has 36 heavy (non-hydrogen) atoms. The molecule has 0 unspecified atom stereocenters. The summed E-state index contributed by atoms with van der Waals surface area (Å²) < 4.78 is 26.3. The van der Waals surface area contributed by atoms with Gasteiger partial charge in [-0.15, -0.1) is 0 Å². The SMILES string of the molecule is CC[C@@H](C(=O)NCC(C)C)N(CCc1ccccc1)C(=O)CN(c1cc(Cl)c(Cl)cc1Cl)S(C)(=O)=O. The standard InChI is InChI=1S/C25H32Cl3N3O4S/c1-5-22(25(33)29-15-17(2)3)30(12-11-18-9-7-6-8-10-18)24(32)16-31(36(4,34)35)23-14-20(27)19(26)13-21(23)28/h6-10,13-14,17,22H,5,11-12,15-16H2,1-4H3,(H,29,33)/t22-/m0/s1. The maximum absolute atomic E-state index is 13.6. The molecule has 1 N–H and O–H groups in total. The van der Waals surface area contributed by atoms with Crippen LogP contribution >= 0.6 is 34.8 Å². The highest BCUT2D eigenvalue weighted by Gasteiger charge is 2.32. The number of benzene rings is 2. The van der Waals surface area contributed by atoms with E-state index < -0.39 is 28.5 Å². The van der Waals surface area contributed by atoms with Gasteiger partial charge in [-0.2, -0.15) is 0 Å². The lowest BCUT2D eigenvalue weighted by atomic mass is 10.1. The Labute approximate surface area is 228 Å². The second kappa shape index (κ2) is 13.5. The fourth-order valence-corrected chi connectivity index (χ4v) is 5.16. The van der Waals surface area contributed by atoms with Crippen molar-refractivity contribution in [2.24, 2.45) is 5.92 Å². The number of carbonyl (C=O) groups is 2. The zero-order valence-electron chi connectivity index (χ0n) is 20.8. The van der Waals surface area contributed by atoms with Crippen LogP contribution in [0.4, 0.5) is 5.69 Å². The molecular formula is C25H32Cl3N3O4S. The summed E-state index contributed by atoms with van der Waals surface area (Å²) in [4.78, 5) is 28.1. The van der Waals surface area contributed by atoms with Crippen molar-refractivity contribution in [1.29, 1.82) is 0 Å². The molecule has 0 spiro atoms. The molecule has 198 valence electrons. The van der Waals surface area contributed by atoms with Gasteiger partial charge in [0.15, 0.2) is 0 Å². The van der Waals surface area contributed by atoms with E-state index in [1.165, 1.54) is 17.0 Å². The molecule has 2 rings (SSSR count). The molecule has 0 radical (unpaired) electrons. The van der Waals surface area contributed by atoms with E-state index in [9.17, 15) is 18.0 Å². The monoisotopic (exact) mass is 575 g/mol. The average Bonchev–Trinajstić information content (AvgIpc) is 2.81. The molecule has 0 fully saturated rings. The Hall–Kier alpha value is -2.00.